The summed E-state index contributed by atoms with van der Waals surface area (Å²) in [6.45, 7) is 2.50. The van der Waals surface area contributed by atoms with Crippen LogP contribution in [0.2, 0.25) is 0 Å². The molecule has 2 rings (SSSR count). The molecular formula is C10H19ClN2O2S. The molecule has 2 saturated heterocycles. The largest absolute Gasteiger partial charge is 0.381 e. The molecule has 1 N–H and O–H groups in total. The van der Waals surface area contributed by atoms with E-state index in [0.717, 1.165) is 37.8 Å². The average Bonchev–Trinajstić information content (AvgIpc) is 2.88. The highest BCUT2D eigenvalue weighted by molar-refractivity contribution is 7.99. The number of carbonyl (C=O) groups is 1. The molecule has 2 aliphatic rings. The van der Waals surface area contributed by atoms with Crippen LogP contribution in [0.15, 0.2) is 0 Å². The van der Waals surface area contributed by atoms with Gasteiger partial charge in [-0.15, -0.1) is 24.2 Å². The maximum Gasteiger partial charge on any atom is 0.240 e. The minimum absolute atomic E-state index is 0. The normalized spacial score (nSPS) is 28.8. The third kappa shape index (κ3) is 3.52. The van der Waals surface area contributed by atoms with Gasteiger partial charge in [-0.2, -0.15) is 0 Å². The molecular weight excluding hydrogens is 248 g/mol. The zero-order chi connectivity index (χ0) is 10.7. The van der Waals surface area contributed by atoms with Crippen molar-refractivity contribution in [3.63, 3.8) is 0 Å². The Kier molecular flexibility index (Phi) is 5.89. The number of amides is 1. The van der Waals surface area contributed by atoms with E-state index >= 15 is 0 Å². The van der Waals surface area contributed by atoms with Gasteiger partial charge in [-0.05, 0) is 6.42 Å². The lowest BCUT2D eigenvalue weighted by Crippen LogP contribution is -2.44. The van der Waals surface area contributed by atoms with Gasteiger partial charge in [-0.25, -0.2) is 0 Å². The lowest BCUT2D eigenvalue weighted by atomic mass is 10.1. The highest BCUT2D eigenvalue weighted by Crippen LogP contribution is 2.16. The molecule has 1 unspecified atom stereocenters. The van der Waals surface area contributed by atoms with Crippen LogP contribution >= 0.6 is 24.2 Å². The van der Waals surface area contributed by atoms with Gasteiger partial charge in [0.25, 0.3) is 0 Å². The fraction of sp³-hybridized carbons (Fsp3) is 0.900. The highest BCUT2D eigenvalue weighted by Gasteiger charge is 2.27. The van der Waals surface area contributed by atoms with E-state index in [-0.39, 0.29) is 24.4 Å². The standard InChI is InChI=1S/C10H18N2O2S.ClH/c1-12(4-8-2-3-14-5-8)10(13)9-6-15-7-11-9;/h8-9,11H,2-7H2,1H3;1H/t8?,9-;/m1./s1. The first-order valence-electron chi connectivity index (χ1n) is 5.41. The molecule has 2 heterocycles. The minimum Gasteiger partial charge on any atom is -0.381 e. The molecule has 0 saturated carbocycles. The number of nitrogens with one attached hydrogen (secondary N) is 1. The molecule has 16 heavy (non-hydrogen) atoms. The van der Waals surface area contributed by atoms with Crippen molar-refractivity contribution in [2.45, 2.75) is 12.5 Å². The van der Waals surface area contributed by atoms with Crippen molar-refractivity contribution in [3.05, 3.63) is 0 Å². The third-order valence-corrected chi connectivity index (χ3v) is 3.89. The number of halogens is 1. The van der Waals surface area contributed by atoms with E-state index in [1.54, 1.807) is 11.8 Å². The summed E-state index contributed by atoms with van der Waals surface area (Å²) in [5, 5.41) is 3.20. The maximum absolute atomic E-state index is 11.9. The van der Waals surface area contributed by atoms with Crippen molar-refractivity contribution < 1.29 is 9.53 Å². The predicted molar refractivity (Wildman–Crippen MR) is 68.1 cm³/mol. The van der Waals surface area contributed by atoms with E-state index in [1.807, 2.05) is 11.9 Å². The smallest absolute Gasteiger partial charge is 0.240 e. The van der Waals surface area contributed by atoms with E-state index < -0.39 is 0 Å². The third-order valence-electron chi connectivity index (χ3n) is 2.95. The van der Waals surface area contributed by atoms with Crippen molar-refractivity contribution in [2.24, 2.45) is 5.92 Å². The monoisotopic (exact) mass is 266 g/mol. The van der Waals surface area contributed by atoms with Gasteiger partial charge in [0.15, 0.2) is 0 Å². The molecule has 0 aromatic heterocycles. The Morgan fingerprint density at radius 2 is 2.44 bits per heavy atom. The number of ether oxygens (including phenoxy) is 1. The SMILES string of the molecule is CN(CC1CCOC1)C(=O)[C@H]1CSCN1.Cl. The summed E-state index contributed by atoms with van der Waals surface area (Å²) in [4.78, 5) is 13.8. The number of likely N-dealkylation sites (N-methyl/N-ethyl adjacent to an activating group) is 1. The van der Waals surface area contributed by atoms with Crippen molar-refractivity contribution in [2.75, 3.05) is 38.4 Å². The molecule has 2 atom stereocenters. The van der Waals surface area contributed by atoms with E-state index in [2.05, 4.69) is 5.32 Å². The van der Waals surface area contributed by atoms with Gasteiger partial charge >= 0.3 is 0 Å². The highest BCUT2D eigenvalue weighted by atomic mass is 35.5. The zero-order valence-corrected chi connectivity index (χ0v) is 11.1. The van der Waals surface area contributed by atoms with Gasteiger partial charge < -0.3 is 9.64 Å². The fourth-order valence-electron chi connectivity index (χ4n) is 2.02. The molecule has 2 aliphatic heterocycles. The quantitative estimate of drug-likeness (QED) is 0.811. The molecule has 4 nitrogen and oxygen atoms in total. The first kappa shape index (κ1) is 14.1. The summed E-state index contributed by atoms with van der Waals surface area (Å²) in [5.74, 6) is 2.57. The second-order valence-corrected chi connectivity index (χ2v) is 5.25. The molecule has 0 spiro atoms. The molecule has 0 aliphatic carbocycles. The Balaban J connectivity index is 0.00000128. The maximum atomic E-state index is 11.9. The van der Waals surface area contributed by atoms with E-state index in [1.165, 1.54) is 0 Å². The van der Waals surface area contributed by atoms with Crippen LogP contribution in [0, 0.1) is 5.92 Å². The van der Waals surface area contributed by atoms with Gasteiger partial charge in [0, 0.05) is 37.7 Å². The second kappa shape index (κ2) is 6.69. The fourth-order valence-corrected chi connectivity index (χ4v) is 2.96. The van der Waals surface area contributed by atoms with Gasteiger partial charge in [-0.1, -0.05) is 0 Å². The molecule has 0 aromatic carbocycles. The number of hydrogen-bond acceptors (Lipinski definition) is 4. The van der Waals surface area contributed by atoms with Gasteiger partial charge in [0.05, 0.1) is 12.6 Å². The average molecular weight is 267 g/mol. The summed E-state index contributed by atoms with van der Waals surface area (Å²) < 4.78 is 5.31. The van der Waals surface area contributed by atoms with E-state index in [4.69, 9.17) is 4.74 Å². The molecule has 0 bridgehead atoms. The first-order chi connectivity index (χ1) is 7.27. The Labute approximate surface area is 107 Å². The van der Waals surface area contributed by atoms with Gasteiger partial charge in [0.2, 0.25) is 5.91 Å². The van der Waals surface area contributed by atoms with Crippen molar-refractivity contribution in [1.29, 1.82) is 0 Å². The van der Waals surface area contributed by atoms with Crippen molar-refractivity contribution in [1.82, 2.24) is 10.2 Å². The Hall–Kier alpha value is 0.0300. The number of carbonyl (C=O) groups excluding carboxylic acids is 1. The van der Waals surface area contributed by atoms with Gasteiger partial charge in [0.1, 0.15) is 0 Å². The number of thioether (sulfide) groups is 1. The Morgan fingerprint density at radius 3 is 3.00 bits per heavy atom. The predicted octanol–water partition coefficient (Wildman–Crippen LogP) is 0.566. The number of hydrogen-bond donors (Lipinski definition) is 1. The minimum atomic E-state index is 0. The zero-order valence-electron chi connectivity index (χ0n) is 9.48. The van der Waals surface area contributed by atoms with Crippen molar-refractivity contribution >= 4 is 30.1 Å². The Morgan fingerprint density at radius 1 is 1.62 bits per heavy atom. The molecule has 0 radical (unpaired) electrons. The van der Waals surface area contributed by atoms with Crippen LogP contribution in [-0.4, -0.2) is 55.3 Å². The first-order valence-corrected chi connectivity index (χ1v) is 6.56. The van der Waals surface area contributed by atoms with E-state index in [9.17, 15) is 4.79 Å². The second-order valence-electron chi connectivity index (χ2n) is 4.22. The van der Waals surface area contributed by atoms with Crippen LogP contribution in [0.25, 0.3) is 0 Å². The van der Waals surface area contributed by atoms with Gasteiger partial charge in [-0.3, -0.25) is 10.1 Å². The summed E-state index contributed by atoms with van der Waals surface area (Å²) in [5.41, 5.74) is 0. The summed E-state index contributed by atoms with van der Waals surface area (Å²) >= 11 is 1.79. The summed E-state index contributed by atoms with van der Waals surface area (Å²) in [7, 11) is 1.89. The molecule has 1 amide bonds. The summed E-state index contributed by atoms with van der Waals surface area (Å²) in [6, 6.07) is 0.0299. The van der Waals surface area contributed by atoms with Crippen molar-refractivity contribution in [3.8, 4) is 0 Å². The van der Waals surface area contributed by atoms with Crippen LogP contribution in [0.3, 0.4) is 0 Å². The molecule has 94 valence electrons. The molecule has 2 fully saturated rings. The Bertz CT molecular complexity index is 231. The number of nitrogens with zero attached hydrogens (tertiary/aromatic N) is 1. The molecule has 6 heteroatoms. The molecule has 0 aromatic rings. The van der Waals surface area contributed by atoms with Crippen LogP contribution in [-0.2, 0) is 9.53 Å². The number of rotatable bonds is 3. The van der Waals surface area contributed by atoms with Crippen LogP contribution in [0.5, 0.6) is 0 Å². The lowest BCUT2D eigenvalue weighted by molar-refractivity contribution is -0.131. The lowest BCUT2D eigenvalue weighted by Gasteiger charge is -2.23. The topological polar surface area (TPSA) is 41.6 Å². The summed E-state index contributed by atoms with van der Waals surface area (Å²) in [6.07, 6.45) is 1.09. The van der Waals surface area contributed by atoms with Crippen LogP contribution < -0.4 is 5.32 Å². The van der Waals surface area contributed by atoms with Crippen LogP contribution in [0.1, 0.15) is 6.42 Å². The van der Waals surface area contributed by atoms with Crippen LogP contribution in [0.4, 0.5) is 0 Å². The van der Waals surface area contributed by atoms with E-state index in [0.29, 0.717) is 5.92 Å².